The number of hydrogen-bond acceptors (Lipinski definition) is 3. The van der Waals surface area contributed by atoms with E-state index in [2.05, 4.69) is 35.3 Å². The van der Waals surface area contributed by atoms with Gasteiger partial charge in [0.1, 0.15) is 5.75 Å². The van der Waals surface area contributed by atoms with Crippen molar-refractivity contribution >= 4 is 5.91 Å². The van der Waals surface area contributed by atoms with Crippen molar-refractivity contribution in [1.82, 2.24) is 10.2 Å². The van der Waals surface area contributed by atoms with Gasteiger partial charge in [0, 0.05) is 24.7 Å². The summed E-state index contributed by atoms with van der Waals surface area (Å²) < 4.78 is 5.53. The second kappa shape index (κ2) is 9.56. The molecule has 4 heteroatoms. The molecule has 1 atom stereocenters. The molecule has 144 valence electrons. The van der Waals surface area contributed by atoms with Crippen molar-refractivity contribution in [3.05, 3.63) is 65.2 Å². The molecule has 1 N–H and O–H groups in total. The minimum absolute atomic E-state index is 0.00535. The molecule has 2 aromatic carbocycles. The van der Waals surface area contributed by atoms with Crippen LogP contribution < -0.4 is 10.1 Å². The molecule has 0 heterocycles. The van der Waals surface area contributed by atoms with E-state index in [1.165, 1.54) is 11.1 Å². The summed E-state index contributed by atoms with van der Waals surface area (Å²) in [4.78, 5) is 14.8. The number of fused-ring (bicyclic) bond motifs is 1. The van der Waals surface area contributed by atoms with Gasteiger partial charge < -0.3 is 10.1 Å². The fourth-order valence-electron chi connectivity index (χ4n) is 4.02. The van der Waals surface area contributed by atoms with E-state index in [4.69, 9.17) is 4.74 Å². The van der Waals surface area contributed by atoms with Gasteiger partial charge in [-0.15, -0.1) is 0 Å². The Bertz CT molecular complexity index is 745. The lowest BCUT2D eigenvalue weighted by atomic mass is 9.86. The van der Waals surface area contributed by atoms with E-state index in [1.807, 2.05) is 30.3 Å². The SMILES string of the molecule is CCCN(CCNC(=O)c1ccccc1)C1CCc2c(cccc2OC)C1. The Morgan fingerprint density at radius 1 is 1.15 bits per heavy atom. The molecule has 27 heavy (non-hydrogen) atoms. The molecule has 0 fully saturated rings. The third-order valence-electron chi connectivity index (χ3n) is 5.38. The molecule has 0 saturated heterocycles. The topological polar surface area (TPSA) is 41.6 Å². The maximum absolute atomic E-state index is 12.3. The maximum Gasteiger partial charge on any atom is 0.251 e. The van der Waals surface area contributed by atoms with E-state index < -0.39 is 0 Å². The molecule has 1 unspecified atom stereocenters. The van der Waals surface area contributed by atoms with Gasteiger partial charge in [-0.25, -0.2) is 0 Å². The van der Waals surface area contributed by atoms with Crippen LogP contribution in [-0.2, 0) is 12.8 Å². The lowest BCUT2D eigenvalue weighted by Crippen LogP contribution is -2.44. The van der Waals surface area contributed by atoms with E-state index in [0.29, 0.717) is 12.6 Å². The Kier molecular flexibility index (Phi) is 6.88. The molecule has 0 saturated carbocycles. The zero-order valence-corrected chi connectivity index (χ0v) is 16.4. The summed E-state index contributed by atoms with van der Waals surface area (Å²) >= 11 is 0. The molecule has 3 rings (SSSR count). The minimum atomic E-state index is 0.00535. The molecule has 4 nitrogen and oxygen atoms in total. The molecule has 1 aliphatic carbocycles. The Labute approximate surface area is 162 Å². The highest BCUT2D eigenvalue weighted by atomic mass is 16.5. The Morgan fingerprint density at radius 3 is 2.70 bits per heavy atom. The first kappa shape index (κ1) is 19.4. The highest BCUT2D eigenvalue weighted by molar-refractivity contribution is 5.94. The number of carbonyl (C=O) groups excluding carboxylic acids is 1. The molecular formula is C23H30N2O2. The zero-order chi connectivity index (χ0) is 19.1. The molecule has 1 amide bonds. The third kappa shape index (κ3) is 4.89. The van der Waals surface area contributed by atoms with Gasteiger partial charge in [0.05, 0.1) is 7.11 Å². The smallest absolute Gasteiger partial charge is 0.251 e. The van der Waals surface area contributed by atoms with Crippen molar-refractivity contribution in [1.29, 1.82) is 0 Å². The predicted octanol–water partition coefficient (Wildman–Crippen LogP) is 3.69. The standard InChI is InChI=1S/C23H30N2O2/c1-3-15-25(16-14-24-23(26)18-8-5-4-6-9-18)20-12-13-21-19(17-20)10-7-11-22(21)27-2/h4-11,20H,3,12-17H2,1-2H3,(H,24,26). The van der Waals surface area contributed by atoms with Crippen LogP contribution in [0.2, 0.25) is 0 Å². The van der Waals surface area contributed by atoms with Gasteiger partial charge >= 0.3 is 0 Å². The highest BCUT2D eigenvalue weighted by Crippen LogP contribution is 2.31. The van der Waals surface area contributed by atoms with Gasteiger partial charge in [0.25, 0.3) is 5.91 Å². The van der Waals surface area contributed by atoms with Crippen molar-refractivity contribution in [3.8, 4) is 5.75 Å². The van der Waals surface area contributed by atoms with Crippen LogP contribution >= 0.6 is 0 Å². The van der Waals surface area contributed by atoms with E-state index in [9.17, 15) is 4.79 Å². The number of carbonyl (C=O) groups is 1. The maximum atomic E-state index is 12.3. The lowest BCUT2D eigenvalue weighted by Gasteiger charge is -2.35. The van der Waals surface area contributed by atoms with E-state index in [-0.39, 0.29) is 5.91 Å². The number of nitrogens with one attached hydrogen (secondary N) is 1. The first-order valence-electron chi connectivity index (χ1n) is 9.95. The van der Waals surface area contributed by atoms with Crippen LogP contribution in [-0.4, -0.2) is 43.6 Å². The molecule has 0 aliphatic heterocycles. The van der Waals surface area contributed by atoms with Crippen LogP contribution in [0.5, 0.6) is 5.75 Å². The number of benzene rings is 2. The number of nitrogens with zero attached hydrogens (tertiary/aromatic N) is 1. The molecule has 1 aliphatic rings. The second-order valence-corrected chi connectivity index (χ2v) is 7.15. The molecule has 0 spiro atoms. The molecule has 0 bridgehead atoms. The molecular weight excluding hydrogens is 336 g/mol. The van der Waals surface area contributed by atoms with Gasteiger partial charge in [-0.2, -0.15) is 0 Å². The Morgan fingerprint density at radius 2 is 1.96 bits per heavy atom. The van der Waals surface area contributed by atoms with E-state index in [0.717, 1.165) is 50.1 Å². The molecule has 0 aromatic heterocycles. The summed E-state index contributed by atoms with van der Waals surface area (Å²) in [6, 6.07) is 16.3. The summed E-state index contributed by atoms with van der Waals surface area (Å²) in [7, 11) is 1.75. The largest absolute Gasteiger partial charge is 0.496 e. The Balaban J connectivity index is 1.58. The van der Waals surface area contributed by atoms with Crippen molar-refractivity contribution < 1.29 is 9.53 Å². The number of methoxy groups -OCH3 is 1. The van der Waals surface area contributed by atoms with Gasteiger partial charge in [0.15, 0.2) is 0 Å². The Hall–Kier alpha value is -2.33. The fourth-order valence-corrected chi connectivity index (χ4v) is 4.02. The van der Waals surface area contributed by atoms with Crippen molar-refractivity contribution in [2.75, 3.05) is 26.7 Å². The number of amides is 1. The normalized spacial score (nSPS) is 16.0. The van der Waals surface area contributed by atoms with Crippen molar-refractivity contribution in [2.24, 2.45) is 0 Å². The third-order valence-corrected chi connectivity index (χ3v) is 5.38. The van der Waals surface area contributed by atoms with Crippen molar-refractivity contribution in [3.63, 3.8) is 0 Å². The lowest BCUT2D eigenvalue weighted by molar-refractivity contribution is 0.0941. The first-order valence-corrected chi connectivity index (χ1v) is 9.95. The van der Waals surface area contributed by atoms with Gasteiger partial charge in [-0.3, -0.25) is 9.69 Å². The minimum Gasteiger partial charge on any atom is -0.496 e. The van der Waals surface area contributed by atoms with Crippen LogP contribution in [0.4, 0.5) is 0 Å². The van der Waals surface area contributed by atoms with E-state index in [1.54, 1.807) is 7.11 Å². The predicted molar refractivity (Wildman–Crippen MR) is 109 cm³/mol. The average Bonchev–Trinajstić information content (AvgIpc) is 2.72. The van der Waals surface area contributed by atoms with Gasteiger partial charge in [-0.05, 0) is 61.6 Å². The van der Waals surface area contributed by atoms with Crippen LogP contribution in [0.1, 0.15) is 41.3 Å². The summed E-state index contributed by atoms with van der Waals surface area (Å²) in [6.45, 7) is 4.84. The van der Waals surface area contributed by atoms with Crippen molar-refractivity contribution in [2.45, 2.75) is 38.6 Å². The van der Waals surface area contributed by atoms with Crippen LogP contribution in [0.3, 0.4) is 0 Å². The number of rotatable bonds is 8. The average molecular weight is 367 g/mol. The summed E-state index contributed by atoms with van der Waals surface area (Å²) in [5, 5.41) is 3.06. The molecule has 2 aromatic rings. The van der Waals surface area contributed by atoms with Gasteiger partial charge in [-0.1, -0.05) is 37.3 Å². The first-order chi connectivity index (χ1) is 13.2. The van der Waals surface area contributed by atoms with Crippen LogP contribution in [0.25, 0.3) is 0 Å². The number of hydrogen-bond donors (Lipinski definition) is 1. The van der Waals surface area contributed by atoms with Crippen LogP contribution in [0.15, 0.2) is 48.5 Å². The fraction of sp³-hybridized carbons (Fsp3) is 0.435. The quantitative estimate of drug-likeness (QED) is 0.775. The monoisotopic (exact) mass is 366 g/mol. The number of ether oxygens (including phenoxy) is 1. The zero-order valence-electron chi connectivity index (χ0n) is 16.4. The van der Waals surface area contributed by atoms with E-state index >= 15 is 0 Å². The van der Waals surface area contributed by atoms with Crippen LogP contribution in [0, 0.1) is 0 Å². The highest BCUT2D eigenvalue weighted by Gasteiger charge is 2.25. The summed E-state index contributed by atoms with van der Waals surface area (Å²) in [5.41, 5.74) is 3.49. The summed E-state index contributed by atoms with van der Waals surface area (Å²) in [5.74, 6) is 1.02. The second-order valence-electron chi connectivity index (χ2n) is 7.15. The molecule has 0 radical (unpaired) electrons. The van der Waals surface area contributed by atoms with Gasteiger partial charge in [0.2, 0.25) is 0 Å². The summed E-state index contributed by atoms with van der Waals surface area (Å²) in [6.07, 6.45) is 4.37.